The van der Waals surface area contributed by atoms with E-state index >= 15 is 0 Å². The molecule has 8 heteroatoms. The molecule has 2 aromatic rings. The second-order valence-electron chi connectivity index (χ2n) is 11.8. The number of fused-ring (bicyclic) bond motifs is 2. The van der Waals surface area contributed by atoms with Gasteiger partial charge in [-0.1, -0.05) is 36.8 Å². The zero-order valence-corrected chi connectivity index (χ0v) is 21.7. The number of amides is 1. The number of aromatic nitrogens is 1. The summed E-state index contributed by atoms with van der Waals surface area (Å²) >= 11 is 0. The number of hydrogen-bond acceptors (Lipinski definition) is 4. The van der Waals surface area contributed by atoms with Crippen LogP contribution in [-0.4, -0.2) is 47.1 Å². The van der Waals surface area contributed by atoms with Crippen molar-refractivity contribution in [2.45, 2.75) is 88.7 Å². The molecule has 38 heavy (non-hydrogen) atoms. The van der Waals surface area contributed by atoms with Gasteiger partial charge >= 0.3 is 6.18 Å². The number of alkyl halides is 3. The zero-order valence-electron chi connectivity index (χ0n) is 21.7. The maximum atomic E-state index is 14.0. The monoisotopic (exact) mass is 527 g/mol. The van der Waals surface area contributed by atoms with Gasteiger partial charge in [0.15, 0.2) is 0 Å². The molecule has 0 radical (unpaired) electrons. The molecule has 3 fully saturated rings. The van der Waals surface area contributed by atoms with Crippen molar-refractivity contribution < 1.29 is 22.7 Å². The van der Waals surface area contributed by atoms with E-state index in [4.69, 9.17) is 4.74 Å². The maximum Gasteiger partial charge on any atom is 0.417 e. The summed E-state index contributed by atoms with van der Waals surface area (Å²) in [6, 6.07) is 12.3. The van der Waals surface area contributed by atoms with Gasteiger partial charge in [0.05, 0.1) is 17.1 Å². The van der Waals surface area contributed by atoms with Crippen molar-refractivity contribution in [3.63, 3.8) is 0 Å². The van der Waals surface area contributed by atoms with Crippen LogP contribution in [-0.2, 0) is 35.1 Å². The number of rotatable bonds is 5. The first kappa shape index (κ1) is 25.8. The Labute approximate surface area is 222 Å². The molecule has 0 bridgehead atoms. The van der Waals surface area contributed by atoms with Crippen molar-refractivity contribution in [2.75, 3.05) is 13.2 Å². The van der Waals surface area contributed by atoms with Gasteiger partial charge in [0, 0.05) is 50.1 Å². The van der Waals surface area contributed by atoms with Crippen molar-refractivity contribution in [3.05, 3.63) is 65.0 Å². The van der Waals surface area contributed by atoms with E-state index in [2.05, 4.69) is 34.6 Å². The minimum Gasteiger partial charge on any atom is -0.378 e. The van der Waals surface area contributed by atoms with E-state index in [1.807, 2.05) is 11.0 Å². The van der Waals surface area contributed by atoms with Gasteiger partial charge in [-0.2, -0.15) is 13.2 Å². The predicted molar refractivity (Wildman–Crippen MR) is 137 cm³/mol. The molecular formula is C30H36F3N3O2. The lowest BCUT2D eigenvalue weighted by Crippen LogP contribution is -2.48. The van der Waals surface area contributed by atoms with E-state index in [1.165, 1.54) is 11.6 Å². The molecule has 1 amide bonds. The van der Waals surface area contributed by atoms with Crippen LogP contribution in [0, 0.1) is 11.3 Å². The highest BCUT2D eigenvalue weighted by molar-refractivity contribution is 5.84. The fourth-order valence-corrected chi connectivity index (χ4v) is 7.57. The number of nitrogens with zero attached hydrogens (tertiary/aromatic N) is 2. The molecule has 4 aliphatic rings. The van der Waals surface area contributed by atoms with Gasteiger partial charge in [0.1, 0.15) is 0 Å². The van der Waals surface area contributed by atoms with E-state index in [9.17, 15) is 18.0 Å². The third kappa shape index (κ3) is 5.09. The third-order valence-electron chi connectivity index (χ3n) is 9.36. The first-order valence-corrected chi connectivity index (χ1v) is 14.1. The Balaban J connectivity index is 1.11. The van der Waals surface area contributed by atoms with E-state index < -0.39 is 17.2 Å². The molecule has 6 rings (SSSR count). The SMILES string of the molecule is O=C(N1CCc2ncc(C(F)(F)F)cc2C1)[C@@]12CCC[C@@H]1C[C@@H](N[C@H]1CCO[C@H](Cc3ccccc3)C1)C2. The van der Waals surface area contributed by atoms with Gasteiger partial charge in [0.2, 0.25) is 5.91 Å². The predicted octanol–water partition coefficient (Wildman–Crippen LogP) is 5.31. The minimum absolute atomic E-state index is 0.140. The topological polar surface area (TPSA) is 54.5 Å². The molecule has 1 aromatic heterocycles. The Bertz CT molecular complexity index is 1160. The highest BCUT2D eigenvalue weighted by Crippen LogP contribution is 2.55. The summed E-state index contributed by atoms with van der Waals surface area (Å²) in [6.07, 6.45) is 4.84. The first-order chi connectivity index (χ1) is 18.3. The molecule has 2 saturated carbocycles. The van der Waals surface area contributed by atoms with E-state index in [0.29, 0.717) is 42.2 Å². The summed E-state index contributed by atoms with van der Waals surface area (Å²) in [6.45, 7) is 1.49. The zero-order chi connectivity index (χ0) is 26.3. The van der Waals surface area contributed by atoms with Gasteiger partial charge in [-0.15, -0.1) is 0 Å². The molecule has 1 aromatic carbocycles. The fraction of sp³-hybridized carbons (Fsp3) is 0.600. The summed E-state index contributed by atoms with van der Waals surface area (Å²) < 4.78 is 45.9. The molecule has 0 unspecified atom stereocenters. The van der Waals surface area contributed by atoms with Crippen molar-refractivity contribution >= 4 is 5.91 Å². The molecule has 2 aliphatic heterocycles. The van der Waals surface area contributed by atoms with Crippen molar-refractivity contribution in [1.29, 1.82) is 0 Å². The van der Waals surface area contributed by atoms with Gasteiger partial charge < -0.3 is 15.0 Å². The Morgan fingerprint density at radius 1 is 1.16 bits per heavy atom. The number of nitrogens with one attached hydrogen (secondary N) is 1. The summed E-state index contributed by atoms with van der Waals surface area (Å²) in [5, 5.41) is 3.90. The summed E-state index contributed by atoms with van der Waals surface area (Å²) in [5.41, 5.74) is 1.37. The smallest absolute Gasteiger partial charge is 0.378 e. The highest BCUT2D eigenvalue weighted by Gasteiger charge is 2.56. The molecule has 1 N–H and O–H groups in total. The number of pyridine rings is 1. The molecule has 1 saturated heterocycles. The van der Waals surface area contributed by atoms with E-state index in [1.54, 1.807) is 0 Å². The first-order valence-electron chi connectivity index (χ1n) is 14.1. The van der Waals surface area contributed by atoms with Crippen LogP contribution in [0.1, 0.15) is 67.3 Å². The Morgan fingerprint density at radius 2 is 2.00 bits per heavy atom. The normalized spacial score (nSPS) is 31.2. The lowest BCUT2D eigenvalue weighted by atomic mass is 9.78. The quantitative estimate of drug-likeness (QED) is 0.573. The van der Waals surface area contributed by atoms with Crippen LogP contribution in [0.5, 0.6) is 0 Å². The Hall–Kier alpha value is -2.45. The average molecular weight is 528 g/mol. The van der Waals surface area contributed by atoms with Crippen molar-refractivity contribution in [3.8, 4) is 0 Å². The molecule has 5 atom stereocenters. The van der Waals surface area contributed by atoms with Crippen LogP contribution < -0.4 is 5.32 Å². The maximum absolute atomic E-state index is 14.0. The highest BCUT2D eigenvalue weighted by atomic mass is 19.4. The van der Waals surface area contributed by atoms with Crippen LogP contribution in [0.3, 0.4) is 0 Å². The van der Waals surface area contributed by atoms with Crippen molar-refractivity contribution in [2.24, 2.45) is 11.3 Å². The van der Waals surface area contributed by atoms with Crippen molar-refractivity contribution in [1.82, 2.24) is 15.2 Å². The number of halogens is 3. The lowest BCUT2D eigenvalue weighted by Gasteiger charge is -2.37. The second kappa shape index (κ2) is 10.3. The molecule has 2 aliphatic carbocycles. The largest absolute Gasteiger partial charge is 0.417 e. The molecule has 3 heterocycles. The van der Waals surface area contributed by atoms with Gasteiger partial charge in [-0.25, -0.2) is 0 Å². The van der Waals surface area contributed by atoms with Gasteiger partial charge in [-0.3, -0.25) is 9.78 Å². The summed E-state index contributed by atoms with van der Waals surface area (Å²) in [5.74, 6) is 0.481. The Morgan fingerprint density at radius 3 is 2.82 bits per heavy atom. The summed E-state index contributed by atoms with van der Waals surface area (Å²) in [7, 11) is 0. The van der Waals surface area contributed by atoms with E-state index in [-0.39, 0.29) is 18.6 Å². The Kier molecular flexibility index (Phi) is 6.97. The molecule has 204 valence electrons. The molecule has 5 nitrogen and oxygen atoms in total. The average Bonchev–Trinajstić information content (AvgIpc) is 3.46. The standard InChI is InChI=1S/C30H36F3N3O2/c31-30(32,33)23-14-21-19-36(11-8-27(21)34-18-23)28(37)29-10-4-7-22(29)15-25(17-29)35-24-9-12-38-26(16-24)13-20-5-2-1-3-6-20/h1-3,5-6,14,18,22,24-26,35H,4,7-13,15-17,19H2/t22-,24+,25-,26-,29-/m1/s1. The number of ether oxygens (including phenoxy) is 1. The lowest BCUT2D eigenvalue weighted by molar-refractivity contribution is -0.144. The van der Waals surface area contributed by atoms with Crippen LogP contribution in [0.2, 0.25) is 0 Å². The third-order valence-corrected chi connectivity index (χ3v) is 9.36. The number of hydrogen-bond donors (Lipinski definition) is 1. The molecular weight excluding hydrogens is 491 g/mol. The van der Waals surface area contributed by atoms with Crippen LogP contribution in [0.4, 0.5) is 13.2 Å². The van der Waals surface area contributed by atoms with Crippen LogP contribution >= 0.6 is 0 Å². The second-order valence-corrected chi connectivity index (χ2v) is 11.8. The molecule has 0 spiro atoms. The van der Waals surface area contributed by atoms with Gasteiger partial charge in [-0.05, 0) is 68.1 Å². The van der Waals surface area contributed by atoms with Crippen LogP contribution in [0.25, 0.3) is 0 Å². The number of carbonyl (C=O) groups is 1. The number of carbonyl (C=O) groups excluding carboxylic acids is 1. The summed E-state index contributed by atoms with van der Waals surface area (Å²) in [4.78, 5) is 19.9. The fourth-order valence-electron chi connectivity index (χ4n) is 7.57. The van der Waals surface area contributed by atoms with Gasteiger partial charge in [0.25, 0.3) is 0 Å². The minimum atomic E-state index is -4.43. The number of benzene rings is 1. The van der Waals surface area contributed by atoms with Crippen LogP contribution in [0.15, 0.2) is 42.6 Å². The van der Waals surface area contributed by atoms with E-state index in [0.717, 1.165) is 64.2 Å².